The van der Waals surface area contributed by atoms with Crippen molar-refractivity contribution in [1.29, 1.82) is 0 Å². The molecule has 1 heterocycles. The van der Waals surface area contributed by atoms with Crippen molar-refractivity contribution in [3.63, 3.8) is 0 Å². The van der Waals surface area contributed by atoms with E-state index < -0.39 is 0 Å². The number of nitrogens with zero attached hydrogens (tertiary/aromatic N) is 1. The molecular formula is C16H16BrClN2O. The van der Waals surface area contributed by atoms with Crippen LogP contribution in [0.15, 0.2) is 41.0 Å². The van der Waals surface area contributed by atoms with E-state index in [1.54, 1.807) is 6.20 Å². The molecular weight excluding hydrogens is 352 g/mol. The molecule has 1 N–H and O–H groups in total. The molecule has 0 amide bonds. The highest BCUT2D eigenvalue weighted by Crippen LogP contribution is 2.23. The Morgan fingerprint density at radius 1 is 1.29 bits per heavy atom. The predicted octanol–water partition coefficient (Wildman–Crippen LogP) is 4.33. The number of ether oxygens (including phenoxy) is 1. The maximum atomic E-state index is 6.16. The average molecular weight is 368 g/mol. The third-order valence-corrected chi connectivity index (χ3v) is 4.20. The quantitative estimate of drug-likeness (QED) is 0.825. The molecule has 2 aromatic rings. The lowest BCUT2D eigenvalue weighted by molar-refractivity contribution is 0.305. The molecule has 5 heteroatoms. The van der Waals surface area contributed by atoms with E-state index in [1.807, 2.05) is 30.3 Å². The lowest BCUT2D eigenvalue weighted by Crippen LogP contribution is -2.16. The summed E-state index contributed by atoms with van der Waals surface area (Å²) in [5, 5.41) is 4.13. The lowest BCUT2D eigenvalue weighted by Gasteiger charge is -2.09. The fraction of sp³-hybridized carbons (Fsp3) is 0.312. The van der Waals surface area contributed by atoms with Gasteiger partial charge in [-0.25, -0.2) is 0 Å². The molecule has 1 aliphatic rings. The van der Waals surface area contributed by atoms with E-state index in [-0.39, 0.29) is 0 Å². The van der Waals surface area contributed by atoms with Gasteiger partial charge in [-0.05, 0) is 37.1 Å². The predicted molar refractivity (Wildman–Crippen MR) is 87.6 cm³/mol. The van der Waals surface area contributed by atoms with Crippen LogP contribution in [0.4, 0.5) is 0 Å². The van der Waals surface area contributed by atoms with Crippen molar-refractivity contribution < 1.29 is 4.74 Å². The SMILES string of the molecule is Clc1cc(Br)ccc1COc1ccc(CNC2CC2)nc1. The van der Waals surface area contributed by atoms with Crippen molar-refractivity contribution in [2.24, 2.45) is 0 Å². The van der Waals surface area contributed by atoms with Crippen molar-refractivity contribution >= 4 is 27.5 Å². The third-order valence-electron chi connectivity index (χ3n) is 3.36. The Hall–Kier alpha value is -1.10. The maximum absolute atomic E-state index is 6.16. The Kier molecular flexibility index (Phi) is 4.78. The monoisotopic (exact) mass is 366 g/mol. The molecule has 21 heavy (non-hydrogen) atoms. The van der Waals surface area contributed by atoms with Crippen molar-refractivity contribution in [2.75, 3.05) is 0 Å². The van der Waals surface area contributed by atoms with Crippen LogP contribution in [0.1, 0.15) is 24.1 Å². The number of nitrogens with one attached hydrogen (secondary N) is 1. The molecule has 0 atom stereocenters. The van der Waals surface area contributed by atoms with Crippen LogP contribution in [-0.4, -0.2) is 11.0 Å². The molecule has 0 radical (unpaired) electrons. The van der Waals surface area contributed by atoms with Gasteiger partial charge in [0, 0.05) is 27.6 Å². The summed E-state index contributed by atoms with van der Waals surface area (Å²) in [6.07, 6.45) is 4.33. The minimum Gasteiger partial charge on any atom is -0.487 e. The smallest absolute Gasteiger partial charge is 0.138 e. The van der Waals surface area contributed by atoms with Gasteiger partial charge >= 0.3 is 0 Å². The number of benzene rings is 1. The largest absolute Gasteiger partial charge is 0.487 e. The zero-order valence-corrected chi connectivity index (χ0v) is 13.8. The molecule has 1 fully saturated rings. The summed E-state index contributed by atoms with van der Waals surface area (Å²) in [6.45, 7) is 1.26. The van der Waals surface area contributed by atoms with E-state index in [0.717, 1.165) is 28.0 Å². The van der Waals surface area contributed by atoms with E-state index in [9.17, 15) is 0 Å². The number of halogens is 2. The van der Waals surface area contributed by atoms with Gasteiger partial charge in [-0.1, -0.05) is 33.6 Å². The summed E-state index contributed by atoms with van der Waals surface area (Å²) in [5.41, 5.74) is 2.00. The van der Waals surface area contributed by atoms with Gasteiger partial charge in [0.1, 0.15) is 12.4 Å². The van der Waals surface area contributed by atoms with Crippen molar-refractivity contribution in [3.8, 4) is 5.75 Å². The molecule has 1 aromatic heterocycles. The first kappa shape index (κ1) is 14.8. The van der Waals surface area contributed by atoms with Gasteiger partial charge in [0.05, 0.1) is 11.9 Å². The maximum Gasteiger partial charge on any atom is 0.138 e. The first-order chi connectivity index (χ1) is 10.2. The van der Waals surface area contributed by atoms with Crippen molar-refractivity contribution in [1.82, 2.24) is 10.3 Å². The Morgan fingerprint density at radius 2 is 2.14 bits per heavy atom. The van der Waals surface area contributed by atoms with Gasteiger partial charge in [-0.3, -0.25) is 4.98 Å². The first-order valence-corrected chi connectivity index (χ1v) is 8.13. The summed E-state index contributed by atoms with van der Waals surface area (Å²) in [4.78, 5) is 4.40. The van der Waals surface area contributed by atoms with Crippen molar-refractivity contribution in [3.05, 3.63) is 57.3 Å². The zero-order chi connectivity index (χ0) is 14.7. The lowest BCUT2D eigenvalue weighted by atomic mass is 10.2. The van der Waals surface area contributed by atoms with E-state index in [1.165, 1.54) is 12.8 Å². The summed E-state index contributed by atoms with van der Waals surface area (Å²) >= 11 is 9.55. The van der Waals surface area contributed by atoms with Crippen molar-refractivity contribution in [2.45, 2.75) is 32.0 Å². The second-order valence-electron chi connectivity index (χ2n) is 5.16. The fourth-order valence-electron chi connectivity index (χ4n) is 1.94. The van der Waals surface area contributed by atoms with E-state index in [2.05, 4.69) is 26.2 Å². The molecule has 1 saturated carbocycles. The van der Waals surface area contributed by atoms with Gasteiger partial charge < -0.3 is 10.1 Å². The Bertz CT molecular complexity index is 614. The standard InChI is InChI=1S/C16H16BrClN2O/c17-12-2-1-11(16(18)7-12)10-21-15-6-5-14(20-9-15)8-19-13-3-4-13/h1-2,5-7,9,13,19H,3-4,8,10H2. The van der Waals surface area contributed by atoms with E-state index in [0.29, 0.717) is 17.7 Å². The highest BCUT2D eigenvalue weighted by Gasteiger charge is 2.20. The Balaban J connectivity index is 1.54. The van der Waals surface area contributed by atoms with Crippen LogP contribution in [0.2, 0.25) is 5.02 Å². The third kappa shape index (κ3) is 4.43. The van der Waals surface area contributed by atoms with Crippen LogP contribution >= 0.6 is 27.5 Å². The fourth-order valence-corrected chi connectivity index (χ4v) is 2.67. The number of rotatable bonds is 6. The minimum atomic E-state index is 0.438. The van der Waals surface area contributed by atoms with Crippen LogP contribution in [-0.2, 0) is 13.2 Å². The molecule has 0 bridgehead atoms. The normalized spacial score (nSPS) is 14.2. The number of hydrogen-bond acceptors (Lipinski definition) is 3. The summed E-state index contributed by atoms with van der Waals surface area (Å²) in [7, 11) is 0. The summed E-state index contributed by atoms with van der Waals surface area (Å²) in [6, 6.07) is 10.4. The molecule has 0 aliphatic heterocycles. The zero-order valence-electron chi connectivity index (χ0n) is 11.5. The number of pyridine rings is 1. The molecule has 0 spiro atoms. The van der Waals surface area contributed by atoms with Gasteiger partial charge in [0.25, 0.3) is 0 Å². The van der Waals surface area contributed by atoms with Crippen LogP contribution in [0.5, 0.6) is 5.75 Å². The van der Waals surface area contributed by atoms with Crippen LogP contribution in [0.3, 0.4) is 0 Å². The van der Waals surface area contributed by atoms with Gasteiger partial charge in [0.15, 0.2) is 0 Å². The van der Waals surface area contributed by atoms with Crippen LogP contribution in [0.25, 0.3) is 0 Å². The Labute approximate surface area is 137 Å². The molecule has 110 valence electrons. The van der Waals surface area contributed by atoms with Gasteiger partial charge in [-0.2, -0.15) is 0 Å². The van der Waals surface area contributed by atoms with Gasteiger partial charge in [-0.15, -0.1) is 0 Å². The highest BCUT2D eigenvalue weighted by atomic mass is 79.9. The number of hydrogen-bond donors (Lipinski definition) is 1. The summed E-state index contributed by atoms with van der Waals surface area (Å²) in [5.74, 6) is 0.754. The highest BCUT2D eigenvalue weighted by molar-refractivity contribution is 9.10. The molecule has 1 aliphatic carbocycles. The Morgan fingerprint density at radius 3 is 2.81 bits per heavy atom. The molecule has 0 unspecified atom stereocenters. The van der Waals surface area contributed by atoms with Crippen LogP contribution in [0, 0.1) is 0 Å². The molecule has 1 aromatic carbocycles. The topological polar surface area (TPSA) is 34.1 Å². The first-order valence-electron chi connectivity index (χ1n) is 6.96. The second-order valence-corrected chi connectivity index (χ2v) is 6.49. The average Bonchev–Trinajstić information content (AvgIpc) is 3.30. The molecule has 0 saturated heterocycles. The molecule has 3 rings (SSSR count). The van der Waals surface area contributed by atoms with Crippen LogP contribution < -0.4 is 10.1 Å². The van der Waals surface area contributed by atoms with E-state index in [4.69, 9.17) is 16.3 Å². The van der Waals surface area contributed by atoms with Gasteiger partial charge in [0.2, 0.25) is 0 Å². The summed E-state index contributed by atoms with van der Waals surface area (Å²) < 4.78 is 6.69. The second kappa shape index (κ2) is 6.77. The minimum absolute atomic E-state index is 0.438. The van der Waals surface area contributed by atoms with E-state index >= 15 is 0 Å². The number of aromatic nitrogens is 1. The molecule has 3 nitrogen and oxygen atoms in total.